The largest absolute Gasteiger partial charge is 0.490 e. The van der Waals surface area contributed by atoms with E-state index in [9.17, 15) is 14.7 Å². The predicted molar refractivity (Wildman–Crippen MR) is 123 cm³/mol. The molecular formula is C23H27Cl2NO6. The van der Waals surface area contributed by atoms with E-state index in [-0.39, 0.29) is 19.6 Å². The highest BCUT2D eigenvalue weighted by Gasteiger charge is 2.24. The van der Waals surface area contributed by atoms with Gasteiger partial charge in [0.05, 0.1) is 10.0 Å². The number of rotatable bonds is 9. The smallest absolute Gasteiger partial charge is 0.408 e. The van der Waals surface area contributed by atoms with Crippen molar-refractivity contribution in [2.24, 2.45) is 0 Å². The van der Waals surface area contributed by atoms with Gasteiger partial charge in [0.25, 0.3) is 0 Å². The minimum Gasteiger partial charge on any atom is -0.490 e. The average Bonchev–Trinajstić information content (AvgIpc) is 2.65. The number of aliphatic carboxylic acids is 1. The Morgan fingerprint density at radius 1 is 1.03 bits per heavy atom. The summed E-state index contributed by atoms with van der Waals surface area (Å²) in [4.78, 5) is 23.4. The van der Waals surface area contributed by atoms with Crippen LogP contribution in [-0.2, 0) is 16.0 Å². The molecule has 1 atom stereocenters. The van der Waals surface area contributed by atoms with Crippen molar-refractivity contribution < 1.29 is 28.9 Å². The number of hydrogen-bond acceptors (Lipinski definition) is 5. The van der Waals surface area contributed by atoms with Gasteiger partial charge in [-0.25, -0.2) is 9.59 Å². The molecule has 0 bridgehead atoms. The van der Waals surface area contributed by atoms with E-state index >= 15 is 0 Å². The van der Waals surface area contributed by atoms with E-state index in [1.54, 1.807) is 57.2 Å². The zero-order valence-electron chi connectivity index (χ0n) is 18.4. The lowest BCUT2D eigenvalue weighted by atomic mass is 10.1. The second-order valence-corrected chi connectivity index (χ2v) is 8.95. The molecule has 1 amide bonds. The van der Waals surface area contributed by atoms with Gasteiger partial charge in [-0.3, -0.25) is 0 Å². The molecule has 0 spiro atoms. The molecule has 0 aromatic heterocycles. The molecule has 2 aromatic rings. The Labute approximate surface area is 197 Å². The van der Waals surface area contributed by atoms with Crippen molar-refractivity contribution in [1.82, 2.24) is 5.32 Å². The molecule has 0 aliphatic rings. The van der Waals surface area contributed by atoms with Gasteiger partial charge in [-0.05, 0) is 63.1 Å². The number of alkyl carbamates (subject to hydrolysis) is 1. The predicted octanol–water partition coefficient (Wildman–Crippen LogP) is 5.28. The SMILES string of the molecule is Cc1cc(Cl)c(OCCOc2ccc(CC(NC(=O)OC(C)(C)C)C(=O)O)cc2)c(Cl)c1. The summed E-state index contributed by atoms with van der Waals surface area (Å²) in [6, 6.07) is 9.32. The van der Waals surface area contributed by atoms with E-state index < -0.39 is 23.7 Å². The van der Waals surface area contributed by atoms with Gasteiger partial charge in [-0.2, -0.15) is 0 Å². The monoisotopic (exact) mass is 483 g/mol. The number of hydrogen-bond donors (Lipinski definition) is 2. The molecule has 1 unspecified atom stereocenters. The van der Waals surface area contributed by atoms with Gasteiger partial charge in [0.1, 0.15) is 30.6 Å². The number of halogens is 2. The third-order valence-corrected chi connectivity index (χ3v) is 4.65. The molecule has 0 fully saturated rings. The highest BCUT2D eigenvalue weighted by Crippen LogP contribution is 2.33. The third kappa shape index (κ3) is 8.48. The van der Waals surface area contributed by atoms with Gasteiger partial charge in [-0.15, -0.1) is 0 Å². The van der Waals surface area contributed by atoms with Gasteiger partial charge >= 0.3 is 12.1 Å². The zero-order valence-corrected chi connectivity index (χ0v) is 19.9. The molecule has 0 aliphatic carbocycles. The van der Waals surface area contributed by atoms with Crippen molar-refractivity contribution in [3.8, 4) is 11.5 Å². The second-order valence-electron chi connectivity index (χ2n) is 8.14. The van der Waals surface area contributed by atoms with Gasteiger partial charge < -0.3 is 24.6 Å². The number of nitrogens with one attached hydrogen (secondary N) is 1. The summed E-state index contributed by atoms with van der Waals surface area (Å²) in [5.74, 6) is -0.151. The highest BCUT2D eigenvalue weighted by molar-refractivity contribution is 6.37. The lowest BCUT2D eigenvalue weighted by Crippen LogP contribution is -2.44. The van der Waals surface area contributed by atoms with Crippen LogP contribution in [0.25, 0.3) is 0 Å². The summed E-state index contributed by atoms with van der Waals surface area (Å²) in [5, 5.41) is 12.7. The van der Waals surface area contributed by atoms with Gasteiger partial charge in [-0.1, -0.05) is 35.3 Å². The minimum atomic E-state index is -1.15. The number of carbonyl (C=O) groups is 2. The number of benzene rings is 2. The Kier molecular flexibility index (Phi) is 9.04. The topological polar surface area (TPSA) is 94.1 Å². The molecular weight excluding hydrogens is 457 g/mol. The number of carboxylic acid groups (broad SMARTS) is 1. The van der Waals surface area contributed by atoms with Crippen LogP contribution in [0.2, 0.25) is 10.0 Å². The van der Waals surface area contributed by atoms with E-state index in [2.05, 4.69) is 5.32 Å². The Bertz CT molecular complexity index is 917. The maximum Gasteiger partial charge on any atom is 0.408 e. The van der Waals surface area contributed by atoms with Crippen molar-refractivity contribution in [2.45, 2.75) is 45.8 Å². The van der Waals surface area contributed by atoms with Crippen LogP contribution in [0.1, 0.15) is 31.9 Å². The molecule has 2 rings (SSSR count). The van der Waals surface area contributed by atoms with Crippen molar-refractivity contribution in [1.29, 1.82) is 0 Å². The quantitative estimate of drug-likeness (QED) is 0.471. The van der Waals surface area contributed by atoms with Crippen LogP contribution in [-0.4, -0.2) is 42.0 Å². The lowest BCUT2D eigenvalue weighted by molar-refractivity contribution is -0.139. The Morgan fingerprint density at radius 2 is 1.59 bits per heavy atom. The molecule has 32 heavy (non-hydrogen) atoms. The molecule has 7 nitrogen and oxygen atoms in total. The van der Waals surface area contributed by atoms with E-state index in [1.807, 2.05) is 6.92 Å². The first-order chi connectivity index (χ1) is 14.9. The van der Waals surface area contributed by atoms with E-state index in [1.165, 1.54) is 0 Å². The van der Waals surface area contributed by atoms with Crippen LogP contribution in [0.4, 0.5) is 4.79 Å². The fraction of sp³-hybridized carbons (Fsp3) is 0.391. The van der Waals surface area contributed by atoms with Crippen LogP contribution in [0, 0.1) is 6.92 Å². The van der Waals surface area contributed by atoms with E-state index in [0.29, 0.717) is 21.5 Å². The van der Waals surface area contributed by atoms with Crippen molar-refractivity contribution in [3.05, 3.63) is 57.6 Å². The molecule has 2 aromatic carbocycles. The molecule has 0 saturated carbocycles. The number of amides is 1. The number of carboxylic acids is 1. The van der Waals surface area contributed by atoms with Crippen LogP contribution in [0.3, 0.4) is 0 Å². The van der Waals surface area contributed by atoms with Crippen LogP contribution >= 0.6 is 23.2 Å². The normalized spacial score (nSPS) is 12.1. The zero-order chi connectivity index (χ0) is 23.9. The summed E-state index contributed by atoms with van der Waals surface area (Å²) >= 11 is 12.3. The van der Waals surface area contributed by atoms with Crippen molar-refractivity contribution >= 4 is 35.3 Å². The average molecular weight is 484 g/mol. The van der Waals surface area contributed by atoms with Gasteiger partial charge in [0.15, 0.2) is 5.75 Å². The summed E-state index contributed by atoms with van der Waals surface area (Å²) in [6.07, 6.45) is -0.679. The Hall–Kier alpha value is -2.64. The lowest BCUT2D eigenvalue weighted by Gasteiger charge is -2.22. The summed E-state index contributed by atoms with van der Waals surface area (Å²) in [5.41, 5.74) is 0.941. The van der Waals surface area contributed by atoms with E-state index in [0.717, 1.165) is 11.1 Å². The van der Waals surface area contributed by atoms with Crippen LogP contribution in [0.5, 0.6) is 11.5 Å². The fourth-order valence-electron chi connectivity index (χ4n) is 2.74. The molecule has 174 valence electrons. The second kappa shape index (κ2) is 11.3. The minimum absolute atomic E-state index is 0.0996. The fourth-order valence-corrected chi connectivity index (χ4v) is 3.44. The Morgan fingerprint density at radius 3 is 2.12 bits per heavy atom. The first-order valence-electron chi connectivity index (χ1n) is 9.97. The van der Waals surface area contributed by atoms with Crippen LogP contribution in [0.15, 0.2) is 36.4 Å². The molecule has 0 radical (unpaired) electrons. The van der Waals surface area contributed by atoms with Gasteiger partial charge in [0, 0.05) is 6.42 Å². The van der Waals surface area contributed by atoms with Crippen molar-refractivity contribution in [3.63, 3.8) is 0 Å². The summed E-state index contributed by atoms with van der Waals surface area (Å²) in [7, 11) is 0. The van der Waals surface area contributed by atoms with Crippen molar-refractivity contribution in [2.75, 3.05) is 13.2 Å². The molecule has 9 heteroatoms. The Balaban J connectivity index is 1.85. The molecule has 2 N–H and O–H groups in total. The van der Waals surface area contributed by atoms with Gasteiger partial charge in [0.2, 0.25) is 0 Å². The van der Waals surface area contributed by atoms with E-state index in [4.69, 9.17) is 37.4 Å². The molecule has 0 heterocycles. The first-order valence-corrected chi connectivity index (χ1v) is 10.7. The highest BCUT2D eigenvalue weighted by atomic mass is 35.5. The molecule has 0 aliphatic heterocycles. The molecule has 0 saturated heterocycles. The summed E-state index contributed by atoms with van der Waals surface area (Å²) < 4.78 is 16.4. The van der Waals surface area contributed by atoms with Crippen LogP contribution < -0.4 is 14.8 Å². The third-order valence-electron chi connectivity index (χ3n) is 4.09. The summed E-state index contributed by atoms with van der Waals surface area (Å²) in [6.45, 7) is 7.51. The number of aryl methyl sites for hydroxylation is 1. The first kappa shape index (κ1) is 25.6. The maximum atomic E-state index is 11.9. The number of carbonyl (C=O) groups excluding carboxylic acids is 1. The number of ether oxygens (including phenoxy) is 3. The standard InChI is InChI=1S/C23H27Cl2NO6/c1-14-11-17(24)20(18(25)12-14)31-10-9-30-16-7-5-15(6-8-16)13-19(21(27)28)26-22(29)32-23(2,3)4/h5-8,11-12,19H,9-10,13H2,1-4H3,(H,26,29)(H,27,28). The maximum absolute atomic E-state index is 11.9.